The van der Waals surface area contributed by atoms with Gasteiger partial charge in [-0.2, -0.15) is 0 Å². The second kappa shape index (κ2) is 5.86. The molecule has 1 aliphatic rings. The molecular weight excluding hydrogens is 194 g/mol. The molecule has 0 radical (unpaired) electrons. The van der Waals surface area contributed by atoms with Crippen LogP contribution in [-0.4, -0.2) is 24.0 Å². The van der Waals surface area contributed by atoms with E-state index in [9.17, 15) is 0 Å². The molecule has 1 aromatic rings. The lowest BCUT2D eigenvalue weighted by molar-refractivity contribution is 0.279. The van der Waals surface area contributed by atoms with Crippen molar-refractivity contribution in [1.29, 1.82) is 0 Å². The van der Waals surface area contributed by atoms with Crippen molar-refractivity contribution < 1.29 is 0 Å². The minimum absolute atomic E-state index is 0.628. The van der Waals surface area contributed by atoms with Gasteiger partial charge in [-0.1, -0.05) is 49.4 Å². The lowest BCUT2D eigenvalue weighted by Gasteiger charge is -2.23. The molecule has 0 spiro atoms. The van der Waals surface area contributed by atoms with Gasteiger partial charge in [0.15, 0.2) is 0 Å². The SMILES string of the molecule is CCC(/C=C/c1ccccc1)N1CCCC1. The molecule has 1 heterocycles. The molecule has 86 valence electrons. The Morgan fingerprint density at radius 3 is 2.50 bits per heavy atom. The minimum atomic E-state index is 0.628. The van der Waals surface area contributed by atoms with Gasteiger partial charge in [-0.05, 0) is 37.9 Å². The molecule has 0 aliphatic carbocycles. The first kappa shape index (κ1) is 11.4. The van der Waals surface area contributed by atoms with E-state index < -0.39 is 0 Å². The van der Waals surface area contributed by atoms with E-state index in [0.29, 0.717) is 6.04 Å². The molecule has 0 aromatic heterocycles. The Bertz CT molecular complexity index is 323. The molecule has 1 unspecified atom stereocenters. The van der Waals surface area contributed by atoms with Crippen LogP contribution in [0.2, 0.25) is 0 Å². The number of hydrogen-bond acceptors (Lipinski definition) is 1. The van der Waals surface area contributed by atoms with Crippen molar-refractivity contribution >= 4 is 6.08 Å². The Labute approximate surface area is 98.8 Å². The first-order valence-electron chi connectivity index (χ1n) is 6.37. The topological polar surface area (TPSA) is 3.24 Å². The van der Waals surface area contributed by atoms with Crippen LogP contribution in [0.5, 0.6) is 0 Å². The van der Waals surface area contributed by atoms with E-state index >= 15 is 0 Å². The van der Waals surface area contributed by atoms with E-state index in [4.69, 9.17) is 0 Å². The number of rotatable bonds is 4. The maximum atomic E-state index is 2.60. The third kappa shape index (κ3) is 2.96. The Morgan fingerprint density at radius 2 is 1.88 bits per heavy atom. The molecule has 0 bridgehead atoms. The zero-order valence-corrected chi connectivity index (χ0v) is 10.1. The highest BCUT2D eigenvalue weighted by Gasteiger charge is 2.17. The first-order valence-corrected chi connectivity index (χ1v) is 6.37. The van der Waals surface area contributed by atoms with E-state index in [1.165, 1.54) is 37.9 Å². The molecule has 2 rings (SSSR count). The van der Waals surface area contributed by atoms with E-state index in [-0.39, 0.29) is 0 Å². The average molecular weight is 215 g/mol. The molecule has 0 N–H and O–H groups in total. The Balaban J connectivity index is 1.98. The maximum Gasteiger partial charge on any atom is 0.0278 e. The van der Waals surface area contributed by atoms with Gasteiger partial charge in [-0.25, -0.2) is 0 Å². The lowest BCUT2D eigenvalue weighted by Crippen LogP contribution is -2.30. The summed E-state index contributed by atoms with van der Waals surface area (Å²) >= 11 is 0. The first-order chi connectivity index (χ1) is 7.90. The van der Waals surface area contributed by atoms with Crippen LogP contribution < -0.4 is 0 Å². The Hall–Kier alpha value is -1.08. The molecule has 1 atom stereocenters. The van der Waals surface area contributed by atoms with Gasteiger partial charge in [0.25, 0.3) is 0 Å². The second-order valence-corrected chi connectivity index (χ2v) is 4.49. The Morgan fingerprint density at radius 1 is 1.19 bits per heavy atom. The van der Waals surface area contributed by atoms with Crippen molar-refractivity contribution in [2.75, 3.05) is 13.1 Å². The zero-order valence-electron chi connectivity index (χ0n) is 10.1. The fourth-order valence-corrected chi connectivity index (χ4v) is 2.38. The highest BCUT2D eigenvalue weighted by molar-refractivity contribution is 5.49. The molecule has 1 aromatic carbocycles. The van der Waals surface area contributed by atoms with Crippen LogP contribution in [-0.2, 0) is 0 Å². The van der Waals surface area contributed by atoms with E-state index in [0.717, 1.165) is 0 Å². The molecule has 0 saturated carbocycles. The van der Waals surface area contributed by atoms with Gasteiger partial charge in [-0.3, -0.25) is 4.90 Å². The minimum Gasteiger partial charge on any atom is -0.297 e. The Kier molecular flexibility index (Phi) is 4.17. The molecular formula is C15H21N. The summed E-state index contributed by atoms with van der Waals surface area (Å²) in [5.74, 6) is 0. The number of likely N-dealkylation sites (tertiary alicyclic amines) is 1. The number of hydrogen-bond donors (Lipinski definition) is 0. The van der Waals surface area contributed by atoms with Gasteiger partial charge < -0.3 is 0 Å². The van der Waals surface area contributed by atoms with Crippen LogP contribution in [0, 0.1) is 0 Å². The molecule has 1 nitrogen and oxygen atoms in total. The highest BCUT2D eigenvalue weighted by atomic mass is 15.2. The van der Waals surface area contributed by atoms with Gasteiger partial charge in [0.05, 0.1) is 0 Å². The summed E-state index contributed by atoms with van der Waals surface area (Å²) in [7, 11) is 0. The van der Waals surface area contributed by atoms with Crippen molar-refractivity contribution in [2.45, 2.75) is 32.2 Å². The molecule has 1 heteroatoms. The summed E-state index contributed by atoms with van der Waals surface area (Å²) < 4.78 is 0. The van der Waals surface area contributed by atoms with E-state index in [1.54, 1.807) is 0 Å². The summed E-state index contributed by atoms with van der Waals surface area (Å²) in [6.45, 7) is 4.83. The fraction of sp³-hybridized carbons (Fsp3) is 0.467. The van der Waals surface area contributed by atoms with Crippen LogP contribution in [0.25, 0.3) is 6.08 Å². The third-order valence-electron chi connectivity index (χ3n) is 3.34. The van der Waals surface area contributed by atoms with Crippen molar-refractivity contribution in [3.05, 3.63) is 42.0 Å². The van der Waals surface area contributed by atoms with E-state index in [2.05, 4.69) is 54.3 Å². The average Bonchev–Trinajstić information content (AvgIpc) is 2.85. The van der Waals surface area contributed by atoms with Gasteiger partial charge in [-0.15, -0.1) is 0 Å². The van der Waals surface area contributed by atoms with Gasteiger partial charge in [0.1, 0.15) is 0 Å². The molecule has 1 saturated heterocycles. The predicted molar refractivity (Wildman–Crippen MR) is 70.4 cm³/mol. The van der Waals surface area contributed by atoms with Crippen LogP contribution in [0.15, 0.2) is 36.4 Å². The summed E-state index contributed by atoms with van der Waals surface area (Å²) in [5, 5.41) is 0. The normalized spacial score (nSPS) is 19.3. The van der Waals surface area contributed by atoms with Crippen LogP contribution >= 0.6 is 0 Å². The quantitative estimate of drug-likeness (QED) is 0.742. The second-order valence-electron chi connectivity index (χ2n) is 4.49. The van der Waals surface area contributed by atoms with Gasteiger partial charge in [0, 0.05) is 6.04 Å². The van der Waals surface area contributed by atoms with Crippen molar-refractivity contribution in [2.24, 2.45) is 0 Å². The standard InChI is InChI=1S/C15H21N/c1-2-15(16-12-6-7-13-16)11-10-14-8-4-3-5-9-14/h3-5,8-11,15H,2,6-7,12-13H2,1H3/b11-10+. The van der Waals surface area contributed by atoms with Crippen molar-refractivity contribution in [3.63, 3.8) is 0 Å². The summed E-state index contributed by atoms with van der Waals surface area (Å²) in [6.07, 6.45) is 8.57. The largest absolute Gasteiger partial charge is 0.297 e. The fourth-order valence-electron chi connectivity index (χ4n) is 2.38. The van der Waals surface area contributed by atoms with Gasteiger partial charge >= 0.3 is 0 Å². The van der Waals surface area contributed by atoms with Crippen LogP contribution in [0.3, 0.4) is 0 Å². The predicted octanol–water partition coefficient (Wildman–Crippen LogP) is 3.57. The summed E-state index contributed by atoms with van der Waals surface area (Å²) in [5.41, 5.74) is 1.31. The number of benzene rings is 1. The summed E-state index contributed by atoms with van der Waals surface area (Å²) in [6, 6.07) is 11.2. The molecule has 0 amide bonds. The van der Waals surface area contributed by atoms with Gasteiger partial charge in [0.2, 0.25) is 0 Å². The highest BCUT2D eigenvalue weighted by Crippen LogP contribution is 2.16. The molecule has 1 aliphatic heterocycles. The van der Waals surface area contributed by atoms with Crippen molar-refractivity contribution in [3.8, 4) is 0 Å². The maximum absolute atomic E-state index is 2.60. The van der Waals surface area contributed by atoms with E-state index in [1.807, 2.05) is 0 Å². The summed E-state index contributed by atoms with van der Waals surface area (Å²) in [4.78, 5) is 2.60. The third-order valence-corrected chi connectivity index (χ3v) is 3.34. The number of nitrogens with zero attached hydrogens (tertiary/aromatic N) is 1. The molecule has 1 fully saturated rings. The molecule has 16 heavy (non-hydrogen) atoms. The van der Waals surface area contributed by atoms with Crippen LogP contribution in [0.1, 0.15) is 31.7 Å². The smallest absolute Gasteiger partial charge is 0.0278 e. The monoisotopic (exact) mass is 215 g/mol. The lowest BCUT2D eigenvalue weighted by atomic mass is 10.1. The van der Waals surface area contributed by atoms with Crippen LogP contribution in [0.4, 0.5) is 0 Å². The van der Waals surface area contributed by atoms with Crippen molar-refractivity contribution in [1.82, 2.24) is 4.90 Å². The zero-order chi connectivity index (χ0) is 11.2.